The van der Waals surface area contributed by atoms with Gasteiger partial charge in [0, 0.05) is 6.04 Å². The fourth-order valence-corrected chi connectivity index (χ4v) is 4.70. The van der Waals surface area contributed by atoms with Gasteiger partial charge >= 0.3 is 0 Å². The molecule has 2 aromatic carbocycles. The van der Waals surface area contributed by atoms with Gasteiger partial charge in [-0.15, -0.1) is 0 Å². The van der Waals surface area contributed by atoms with E-state index in [1.807, 2.05) is 19.9 Å². The number of carbonyl (C=O) groups excluding carboxylic acids is 1. The van der Waals surface area contributed by atoms with Crippen LogP contribution >= 0.6 is 0 Å². The second kappa shape index (κ2) is 5.94. The molecule has 0 unspecified atom stereocenters. The Labute approximate surface area is 142 Å². The molecule has 5 nitrogen and oxygen atoms in total. The fourth-order valence-electron chi connectivity index (χ4n) is 3.04. The van der Waals surface area contributed by atoms with Gasteiger partial charge in [0.1, 0.15) is 6.54 Å². The molecule has 0 aromatic heterocycles. The highest BCUT2D eigenvalue weighted by Gasteiger charge is 2.37. The number of rotatable bonds is 3. The average Bonchev–Trinajstić information content (AvgIpc) is 2.53. The second-order valence-corrected chi connectivity index (χ2v) is 7.95. The van der Waals surface area contributed by atoms with E-state index in [1.165, 1.54) is 4.31 Å². The summed E-state index contributed by atoms with van der Waals surface area (Å²) in [6, 6.07) is 13.9. The Morgan fingerprint density at radius 1 is 0.958 bits per heavy atom. The number of hydrogen-bond acceptors (Lipinski definition) is 3. The van der Waals surface area contributed by atoms with Crippen LogP contribution in [0.25, 0.3) is 0 Å². The summed E-state index contributed by atoms with van der Waals surface area (Å²) in [6.45, 7) is 5.40. The van der Waals surface area contributed by atoms with E-state index in [0.29, 0.717) is 16.9 Å². The van der Waals surface area contributed by atoms with Gasteiger partial charge in [0.05, 0.1) is 16.3 Å². The Bertz CT molecular complexity index is 891. The summed E-state index contributed by atoms with van der Waals surface area (Å²) in [5.74, 6) is -0.221. The molecule has 3 rings (SSSR count). The number of anilines is 2. The molecule has 0 atom stereocenters. The maximum Gasteiger partial charge on any atom is 0.265 e. The molecule has 0 saturated heterocycles. The Balaban J connectivity index is 2.18. The number of fused-ring (bicyclic) bond motifs is 1. The number of amides is 1. The van der Waals surface area contributed by atoms with Crippen molar-refractivity contribution in [3.8, 4) is 0 Å². The molecular formula is C18H20N2O3S. The van der Waals surface area contributed by atoms with Crippen molar-refractivity contribution >= 4 is 27.3 Å². The first-order chi connectivity index (χ1) is 11.3. The summed E-state index contributed by atoms with van der Waals surface area (Å²) in [5, 5.41) is 0. The molecule has 24 heavy (non-hydrogen) atoms. The minimum absolute atomic E-state index is 0.0398. The first-order valence-electron chi connectivity index (χ1n) is 7.83. The number of aryl methyl sites for hydroxylation is 1. The predicted molar refractivity (Wildman–Crippen MR) is 94.8 cm³/mol. The lowest BCUT2D eigenvalue weighted by atomic mass is 10.1. The molecule has 0 aliphatic carbocycles. The SMILES string of the molecule is Cc1ccccc1S(=O)(=O)N1CC(=O)N(C(C)C)c2ccccc21. The molecular weight excluding hydrogens is 324 g/mol. The minimum Gasteiger partial charge on any atom is -0.306 e. The zero-order valence-corrected chi connectivity index (χ0v) is 14.7. The van der Waals surface area contributed by atoms with Crippen LogP contribution in [0.5, 0.6) is 0 Å². The van der Waals surface area contributed by atoms with Crippen LogP contribution in [0.2, 0.25) is 0 Å². The van der Waals surface area contributed by atoms with Gasteiger partial charge in [0.25, 0.3) is 10.0 Å². The van der Waals surface area contributed by atoms with E-state index < -0.39 is 10.0 Å². The molecule has 0 fully saturated rings. The van der Waals surface area contributed by atoms with Crippen LogP contribution in [0.1, 0.15) is 19.4 Å². The van der Waals surface area contributed by atoms with Crippen molar-refractivity contribution in [2.24, 2.45) is 0 Å². The van der Waals surface area contributed by atoms with Crippen LogP contribution in [0.3, 0.4) is 0 Å². The summed E-state index contributed by atoms with van der Waals surface area (Å²) < 4.78 is 27.5. The second-order valence-electron chi connectivity index (χ2n) is 6.12. The zero-order chi connectivity index (χ0) is 17.5. The van der Waals surface area contributed by atoms with Crippen molar-refractivity contribution in [3.63, 3.8) is 0 Å². The van der Waals surface area contributed by atoms with Crippen molar-refractivity contribution in [2.75, 3.05) is 15.7 Å². The van der Waals surface area contributed by atoms with Crippen molar-refractivity contribution < 1.29 is 13.2 Å². The molecule has 1 amide bonds. The standard InChI is InChI=1S/C18H20N2O3S/c1-13(2)20-16-10-6-5-9-15(16)19(12-18(20)21)24(22,23)17-11-7-4-8-14(17)3/h4-11,13H,12H2,1-3H3. The molecule has 1 aliphatic rings. The average molecular weight is 344 g/mol. The number of benzene rings is 2. The van der Waals surface area contributed by atoms with E-state index in [0.717, 1.165) is 0 Å². The van der Waals surface area contributed by atoms with Gasteiger partial charge in [-0.25, -0.2) is 8.42 Å². The first kappa shape index (κ1) is 16.5. The van der Waals surface area contributed by atoms with E-state index in [1.54, 1.807) is 54.3 Å². The molecule has 0 N–H and O–H groups in total. The van der Waals surface area contributed by atoms with Crippen molar-refractivity contribution in [3.05, 3.63) is 54.1 Å². The number of nitrogens with zero attached hydrogens (tertiary/aromatic N) is 2. The van der Waals surface area contributed by atoms with Gasteiger partial charge in [-0.3, -0.25) is 9.10 Å². The van der Waals surface area contributed by atoms with Crippen LogP contribution in [0.4, 0.5) is 11.4 Å². The maximum atomic E-state index is 13.1. The van der Waals surface area contributed by atoms with Gasteiger partial charge in [0.15, 0.2) is 0 Å². The smallest absolute Gasteiger partial charge is 0.265 e. The Morgan fingerprint density at radius 2 is 1.54 bits per heavy atom. The van der Waals surface area contributed by atoms with Gasteiger partial charge in [-0.05, 0) is 44.5 Å². The zero-order valence-electron chi connectivity index (χ0n) is 13.9. The summed E-state index contributed by atoms with van der Waals surface area (Å²) in [7, 11) is -3.80. The molecule has 1 aliphatic heterocycles. The summed E-state index contributed by atoms with van der Waals surface area (Å²) in [6.07, 6.45) is 0. The van der Waals surface area contributed by atoms with Gasteiger partial charge in [-0.2, -0.15) is 0 Å². The summed E-state index contributed by atoms with van der Waals surface area (Å²) >= 11 is 0. The third-order valence-corrected chi connectivity index (χ3v) is 6.06. The summed E-state index contributed by atoms with van der Waals surface area (Å²) in [5.41, 5.74) is 1.82. The van der Waals surface area contributed by atoms with E-state index in [-0.39, 0.29) is 23.4 Å². The Morgan fingerprint density at radius 3 is 2.17 bits per heavy atom. The maximum absolute atomic E-state index is 13.1. The number of para-hydroxylation sites is 2. The summed E-state index contributed by atoms with van der Waals surface area (Å²) in [4.78, 5) is 14.5. The minimum atomic E-state index is -3.80. The third-order valence-electron chi connectivity index (χ3n) is 4.14. The number of sulfonamides is 1. The van der Waals surface area contributed by atoms with Crippen LogP contribution in [-0.4, -0.2) is 26.9 Å². The molecule has 0 saturated carbocycles. The van der Waals surface area contributed by atoms with Gasteiger partial charge in [0.2, 0.25) is 5.91 Å². The highest BCUT2D eigenvalue weighted by atomic mass is 32.2. The highest BCUT2D eigenvalue weighted by molar-refractivity contribution is 7.93. The highest BCUT2D eigenvalue weighted by Crippen LogP contribution is 2.38. The largest absolute Gasteiger partial charge is 0.306 e. The van der Waals surface area contributed by atoms with Crippen molar-refractivity contribution in [1.82, 2.24) is 0 Å². The Kier molecular flexibility index (Phi) is 4.09. The van der Waals surface area contributed by atoms with E-state index in [4.69, 9.17) is 0 Å². The number of hydrogen-bond donors (Lipinski definition) is 0. The number of carbonyl (C=O) groups is 1. The third kappa shape index (κ3) is 2.57. The lowest BCUT2D eigenvalue weighted by molar-refractivity contribution is -0.117. The quantitative estimate of drug-likeness (QED) is 0.860. The predicted octanol–water partition coefficient (Wildman–Crippen LogP) is 2.95. The van der Waals surface area contributed by atoms with E-state index in [2.05, 4.69) is 0 Å². The molecule has 6 heteroatoms. The fraction of sp³-hybridized carbons (Fsp3) is 0.278. The van der Waals surface area contributed by atoms with Crippen LogP contribution in [0, 0.1) is 6.92 Å². The van der Waals surface area contributed by atoms with Crippen LogP contribution in [-0.2, 0) is 14.8 Å². The molecule has 2 aromatic rings. The van der Waals surface area contributed by atoms with Gasteiger partial charge < -0.3 is 4.90 Å². The lowest BCUT2D eigenvalue weighted by Crippen LogP contribution is -2.50. The van der Waals surface area contributed by atoms with Crippen LogP contribution in [0.15, 0.2) is 53.4 Å². The monoisotopic (exact) mass is 344 g/mol. The lowest BCUT2D eigenvalue weighted by Gasteiger charge is -2.38. The van der Waals surface area contributed by atoms with Gasteiger partial charge in [-0.1, -0.05) is 30.3 Å². The van der Waals surface area contributed by atoms with Crippen molar-refractivity contribution in [2.45, 2.75) is 31.7 Å². The first-order valence-corrected chi connectivity index (χ1v) is 9.27. The normalized spacial score (nSPS) is 14.9. The topological polar surface area (TPSA) is 57.7 Å². The van der Waals surface area contributed by atoms with Crippen LogP contribution < -0.4 is 9.21 Å². The van der Waals surface area contributed by atoms with E-state index in [9.17, 15) is 13.2 Å². The molecule has 126 valence electrons. The molecule has 0 bridgehead atoms. The van der Waals surface area contributed by atoms with E-state index >= 15 is 0 Å². The Hall–Kier alpha value is -2.34. The molecule has 0 radical (unpaired) electrons. The van der Waals surface area contributed by atoms with Crippen molar-refractivity contribution in [1.29, 1.82) is 0 Å². The molecule has 1 heterocycles. The molecule has 0 spiro atoms.